The van der Waals surface area contributed by atoms with Crippen LogP contribution in [0.2, 0.25) is 0 Å². The van der Waals surface area contributed by atoms with Crippen LogP contribution in [0.4, 0.5) is 11.4 Å². The highest BCUT2D eigenvalue weighted by Gasteiger charge is 2.35. The Labute approximate surface area is 312 Å². The number of nitrogens with zero attached hydrogens (tertiary/aromatic N) is 1. The molecule has 4 aromatic rings. The number of likely N-dealkylation sites (tertiary alicyclic amines) is 1. The fraction of sp³-hybridized carbons (Fsp3) is 0.395. The Bertz CT molecular complexity index is 1780. The molecule has 2 amide bonds. The molecule has 0 unspecified atom stereocenters. The van der Waals surface area contributed by atoms with Crippen molar-refractivity contribution >= 4 is 23.2 Å². The predicted molar refractivity (Wildman–Crippen MR) is 207 cm³/mol. The third-order valence-corrected chi connectivity index (χ3v) is 10.2. The lowest BCUT2D eigenvalue weighted by atomic mass is 9.97. The summed E-state index contributed by atoms with van der Waals surface area (Å²) < 4.78 is 18.8. The van der Waals surface area contributed by atoms with E-state index in [1.165, 1.54) is 0 Å². The number of para-hydroxylation sites is 2. The van der Waals surface area contributed by atoms with Gasteiger partial charge in [0.2, 0.25) is 11.8 Å². The molecule has 0 bridgehead atoms. The van der Waals surface area contributed by atoms with Crippen LogP contribution in [-0.4, -0.2) is 60.8 Å². The minimum absolute atomic E-state index is 0.00580. The lowest BCUT2D eigenvalue weighted by Gasteiger charge is -2.38. The number of hydrogen-bond acceptors (Lipinski definition) is 8. The summed E-state index contributed by atoms with van der Waals surface area (Å²) in [6.07, 6.45) is 4.20. The van der Waals surface area contributed by atoms with Crippen LogP contribution < -0.4 is 16.4 Å². The minimum Gasteiger partial charge on any atom is -0.397 e. The Morgan fingerprint density at radius 1 is 0.887 bits per heavy atom. The van der Waals surface area contributed by atoms with Gasteiger partial charge in [-0.3, -0.25) is 14.5 Å². The molecule has 10 heteroatoms. The zero-order chi connectivity index (χ0) is 37.0. The van der Waals surface area contributed by atoms with Gasteiger partial charge in [0.1, 0.15) is 0 Å². The van der Waals surface area contributed by atoms with Gasteiger partial charge in [-0.15, -0.1) is 0 Å². The second-order valence-corrected chi connectivity index (χ2v) is 14.0. The number of nitrogen functional groups attached to an aromatic ring is 1. The first kappa shape index (κ1) is 38.2. The number of benzene rings is 4. The number of unbranched alkanes of at least 4 members (excludes halogenated alkanes) is 1. The van der Waals surface area contributed by atoms with Gasteiger partial charge in [0.05, 0.1) is 36.8 Å². The number of anilines is 2. The Balaban J connectivity index is 1.05. The Morgan fingerprint density at radius 2 is 1.60 bits per heavy atom. The molecule has 2 aliphatic heterocycles. The molecule has 2 aliphatic rings. The Morgan fingerprint density at radius 3 is 2.36 bits per heavy atom. The maximum atomic E-state index is 12.7. The summed E-state index contributed by atoms with van der Waals surface area (Å²) in [4.78, 5) is 27.5. The first-order chi connectivity index (χ1) is 25.9. The van der Waals surface area contributed by atoms with E-state index in [9.17, 15) is 14.7 Å². The van der Waals surface area contributed by atoms with Crippen molar-refractivity contribution in [2.24, 2.45) is 0 Å². The van der Waals surface area contributed by atoms with Crippen LogP contribution >= 0.6 is 0 Å². The number of nitrogens with one attached hydrogen (secondary N) is 2. The van der Waals surface area contributed by atoms with E-state index >= 15 is 0 Å². The van der Waals surface area contributed by atoms with Gasteiger partial charge in [-0.05, 0) is 72.2 Å². The molecule has 2 heterocycles. The molecule has 0 saturated carbocycles. The SMILES string of the molecule is COC[C@@H]1CCCN1C[C@H]1C[C@@H](c2ccc(CO)cc2)O[C@@H](c2ccc(-c3ccccc3CNC(=O)CCCCC(=O)Nc3ccccc3N)cc2)O1. The van der Waals surface area contributed by atoms with Crippen molar-refractivity contribution < 1.29 is 28.9 Å². The van der Waals surface area contributed by atoms with Crippen molar-refractivity contribution in [1.29, 1.82) is 0 Å². The number of rotatable bonds is 16. The molecule has 0 aliphatic carbocycles. The number of carbonyl (C=O) groups excluding carboxylic acids is 2. The van der Waals surface area contributed by atoms with Gasteiger partial charge in [0, 0.05) is 51.1 Å². The molecule has 4 atom stereocenters. The largest absolute Gasteiger partial charge is 0.397 e. The first-order valence-electron chi connectivity index (χ1n) is 18.7. The number of carbonyl (C=O) groups is 2. The van der Waals surface area contributed by atoms with Gasteiger partial charge in [-0.2, -0.15) is 0 Å². The number of aliphatic hydroxyl groups excluding tert-OH is 1. The van der Waals surface area contributed by atoms with E-state index in [4.69, 9.17) is 19.9 Å². The molecular formula is C43H52N4O6. The van der Waals surface area contributed by atoms with Gasteiger partial charge in [-0.25, -0.2) is 0 Å². The fourth-order valence-electron chi connectivity index (χ4n) is 7.26. The zero-order valence-electron chi connectivity index (χ0n) is 30.5. The van der Waals surface area contributed by atoms with E-state index in [0.29, 0.717) is 49.6 Å². The van der Waals surface area contributed by atoms with Gasteiger partial charge in [0.15, 0.2) is 6.29 Å². The summed E-state index contributed by atoms with van der Waals surface area (Å²) in [5.41, 5.74) is 13.0. The topological polar surface area (TPSA) is 135 Å². The molecule has 280 valence electrons. The highest BCUT2D eigenvalue weighted by Crippen LogP contribution is 2.39. The lowest BCUT2D eigenvalue weighted by Crippen LogP contribution is -2.42. The van der Waals surface area contributed by atoms with Crippen molar-refractivity contribution in [3.8, 4) is 11.1 Å². The molecule has 0 spiro atoms. The van der Waals surface area contributed by atoms with Crippen molar-refractivity contribution in [2.45, 2.75) is 82.6 Å². The van der Waals surface area contributed by atoms with Crippen molar-refractivity contribution in [2.75, 3.05) is 37.9 Å². The first-order valence-corrected chi connectivity index (χ1v) is 18.7. The van der Waals surface area contributed by atoms with E-state index in [1.54, 1.807) is 19.2 Å². The van der Waals surface area contributed by atoms with Crippen LogP contribution in [0.5, 0.6) is 0 Å². The van der Waals surface area contributed by atoms with Gasteiger partial charge >= 0.3 is 0 Å². The quantitative estimate of drug-likeness (QED) is 0.0726. The average molecular weight is 721 g/mol. The summed E-state index contributed by atoms with van der Waals surface area (Å²) >= 11 is 0. The highest BCUT2D eigenvalue weighted by atomic mass is 16.7. The van der Waals surface area contributed by atoms with E-state index in [1.807, 2.05) is 54.6 Å². The molecule has 0 aromatic heterocycles. The van der Waals surface area contributed by atoms with Crippen LogP contribution in [0.1, 0.15) is 79.6 Å². The van der Waals surface area contributed by atoms with Crippen LogP contribution in [0.3, 0.4) is 0 Å². The van der Waals surface area contributed by atoms with E-state index < -0.39 is 6.29 Å². The fourth-order valence-corrected chi connectivity index (χ4v) is 7.26. The monoisotopic (exact) mass is 720 g/mol. The average Bonchev–Trinajstić information content (AvgIpc) is 3.62. The molecule has 4 aromatic carbocycles. The van der Waals surface area contributed by atoms with Crippen LogP contribution in [-0.2, 0) is 37.0 Å². The van der Waals surface area contributed by atoms with Gasteiger partial charge < -0.3 is 35.7 Å². The van der Waals surface area contributed by atoms with Crippen LogP contribution in [0.25, 0.3) is 11.1 Å². The van der Waals surface area contributed by atoms with E-state index in [-0.39, 0.29) is 30.6 Å². The van der Waals surface area contributed by atoms with Crippen molar-refractivity contribution in [3.63, 3.8) is 0 Å². The molecule has 0 radical (unpaired) electrons. The zero-order valence-corrected chi connectivity index (χ0v) is 30.5. The summed E-state index contributed by atoms with van der Waals surface area (Å²) in [7, 11) is 1.76. The number of nitrogens with two attached hydrogens (primary N) is 1. The number of hydrogen-bond donors (Lipinski definition) is 4. The Hall–Kier alpha value is -4.58. The van der Waals surface area contributed by atoms with E-state index in [2.05, 4.69) is 45.9 Å². The molecule has 6 rings (SSSR count). The maximum absolute atomic E-state index is 12.7. The van der Waals surface area contributed by atoms with Gasteiger partial charge in [-0.1, -0.05) is 84.9 Å². The molecule has 53 heavy (non-hydrogen) atoms. The standard InChI is InChI=1S/C43H52N4O6/c1-51-29-35-10-8-24-47(35)27-36-25-40(32-18-16-30(28-48)17-19-32)53-43(52-36)33-22-20-31(21-23-33)37-11-3-2-9-34(37)26-45-41(49)14-6-7-15-42(50)46-39-13-5-4-12-38(39)44/h2-5,9,11-13,16-23,35-36,40,43,48H,6-8,10,14-15,24-29,44H2,1H3,(H,45,49)(H,46,50)/t35-,36+,40-,43-/m0/s1. The lowest BCUT2D eigenvalue weighted by molar-refractivity contribution is -0.253. The van der Waals surface area contributed by atoms with Gasteiger partial charge in [0.25, 0.3) is 0 Å². The second kappa shape index (κ2) is 19.0. The molecule has 2 fully saturated rings. The predicted octanol–water partition coefficient (Wildman–Crippen LogP) is 6.90. The Kier molecular flexibility index (Phi) is 13.6. The molecule has 5 N–H and O–H groups in total. The molecular weight excluding hydrogens is 668 g/mol. The molecule has 2 saturated heterocycles. The highest BCUT2D eigenvalue weighted by molar-refractivity contribution is 5.93. The smallest absolute Gasteiger partial charge is 0.224 e. The minimum atomic E-state index is -0.536. The molecule has 10 nitrogen and oxygen atoms in total. The van der Waals surface area contributed by atoms with Crippen molar-refractivity contribution in [1.82, 2.24) is 10.2 Å². The third kappa shape index (κ3) is 10.5. The van der Waals surface area contributed by atoms with Crippen molar-refractivity contribution in [3.05, 3.63) is 119 Å². The maximum Gasteiger partial charge on any atom is 0.224 e. The number of aliphatic hydroxyl groups is 1. The van der Waals surface area contributed by atoms with Crippen LogP contribution in [0, 0.1) is 0 Å². The number of methoxy groups -OCH3 is 1. The summed E-state index contributed by atoms with van der Waals surface area (Å²) in [5, 5.41) is 15.5. The number of amides is 2. The third-order valence-electron chi connectivity index (χ3n) is 10.2. The summed E-state index contributed by atoms with van der Waals surface area (Å²) in [6.45, 7) is 2.98. The summed E-state index contributed by atoms with van der Waals surface area (Å²) in [6, 6.07) is 31.9. The number of ether oxygens (including phenoxy) is 3. The summed E-state index contributed by atoms with van der Waals surface area (Å²) in [5.74, 6) is -0.164. The second-order valence-electron chi connectivity index (χ2n) is 14.0. The van der Waals surface area contributed by atoms with E-state index in [0.717, 1.165) is 72.3 Å². The van der Waals surface area contributed by atoms with Crippen LogP contribution in [0.15, 0.2) is 97.1 Å². The normalized spacial score (nSPS) is 20.3.